The summed E-state index contributed by atoms with van der Waals surface area (Å²) in [6, 6.07) is 4.18. The number of rotatable bonds is 1. The van der Waals surface area contributed by atoms with Crippen molar-refractivity contribution in [2.75, 3.05) is 0 Å². The number of fused-ring (bicyclic) bond motifs is 1. The number of hydrogen-bond donors (Lipinski definition) is 0. The first-order chi connectivity index (χ1) is 6.79. The lowest BCUT2D eigenvalue weighted by atomic mass is 9.99. The Morgan fingerprint density at radius 3 is 2.64 bits per heavy atom. The lowest BCUT2D eigenvalue weighted by molar-refractivity contribution is 0.857. The van der Waals surface area contributed by atoms with E-state index in [4.69, 9.17) is 0 Å². The Hall–Kier alpha value is -1.11. The van der Waals surface area contributed by atoms with Gasteiger partial charge in [0.1, 0.15) is 0 Å². The third-order valence-corrected chi connectivity index (χ3v) is 2.34. The molecule has 0 spiro atoms. The lowest BCUT2D eigenvalue weighted by Gasteiger charge is -2.07. The summed E-state index contributed by atoms with van der Waals surface area (Å²) in [5.41, 5.74) is 4.05. The number of pyridine rings is 1. The van der Waals surface area contributed by atoms with Crippen LogP contribution in [0.3, 0.4) is 0 Å². The van der Waals surface area contributed by atoms with E-state index in [0.717, 1.165) is 6.42 Å². The molecule has 0 saturated carbocycles. The van der Waals surface area contributed by atoms with E-state index in [9.17, 15) is 0 Å². The Morgan fingerprint density at radius 2 is 2.00 bits per heavy atom. The number of aromatic nitrogens is 1. The summed E-state index contributed by atoms with van der Waals surface area (Å²) in [6.45, 7) is 8.46. The van der Waals surface area contributed by atoms with Gasteiger partial charge in [-0.3, -0.25) is 4.98 Å². The number of hydrogen-bond acceptors (Lipinski definition) is 1. The van der Waals surface area contributed by atoms with Crippen molar-refractivity contribution in [3.8, 4) is 0 Å². The molecule has 0 bridgehead atoms. The average Bonchev–Trinajstić information content (AvgIpc) is 2.64. The van der Waals surface area contributed by atoms with E-state index >= 15 is 0 Å². The maximum atomic E-state index is 4.34. The molecule has 1 aliphatic rings. The van der Waals surface area contributed by atoms with Crippen LogP contribution in [0.4, 0.5) is 0 Å². The molecular formula is C13H19N. The van der Waals surface area contributed by atoms with Crippen LogP contribution >= 0.6 is 0 Å². The molecule has 1 aromatic rings. The SMILES string of the molecule is CC.CC(C)C1=CCc2ncccc21. The number of nitrogens with zero attached hydrogens (tertiary/aromatic N) is 1. The maximum absolute atomic E-state index is 4.34. The van der Waals surface area contributed by atoms with Gasteiger partial charge in [0, 0.05) is 12.6 Å². The zero-order valence-corrected chi connectivity index (χ0v) is 9.54. The summed E-state index contributed by atoms with van der Waals surface area (Å²) in [5.74, 6) is 0.621. The van der Waals surface area contributed by atoms with Crippen molar-refractivity contribution >= 4 is 5.57 Å². The van der Waals surface area contributed by atoms with Crippen molar-refractivity contribution in [2.45, 2.75) is 34.1 Å². The zero-order chi connectivity index (χ0) is 10.6. The van der Waals surface area contributed by atoms with Gasteiger partial charge in [0.05, 0.1) is 5.69 Å². The Labute approximate surface area is 86.9 Å². The van der Waals surface area contributed by atoms with Crippen molar-refractivity contribution in [1.82, 2.24) is 4.98 Å². The normalized spacial score (nSPS) is 13.1. The predicted molar refractivity (Wildman–Crippen MR) is 62.1 cm³/mol. The summed E-state index contributed by atoms with van der Waals surface area (Å²) >= 11 is 0. The maximum Gasteiger partial charge on any atom is 0.0516 e. The highest BCUT2D eigenvalue weighted by Crippen LogP contribution is 2.30. The molecule has 1 heteroatoms. The fourth-order valence-electron chi connectivity index (χ4n) is 1.73. The van der Waals surface area contributed by atoms with Crippen LogP contribution in [-0.2, 0) is 6.42 Å². The molecule has 0 amide bonds. The van der Waals surface area contributed by atoms with Gasteiger partial charge in [-0.05, 0) is 23.1 Å². The standard InChI is InChI=1S/C11H13N.C2H6/c1-8(2)9-5-6-11-10(9)4-3-7-12-11;1-2/h3-5,7-8H,6H2,1-2H3;1-2H3. The van der Waals surface area contributed by atoms with Gasteiger partial charge in [0.2, 0.25) is 0 Å². The van der Waals surface area contributed by atoms with E-state index in [0.29, 0.717) is 5.92 Å². The van der Waals surface area contributed by atoms with E-state index in [1.807, 2.05) is 26.1 Å². The minimum Gasteiger partial charge on any atom is -0.260 e. The Balaban J connectivity index is 0.000000461. The fraction of sp³-hybridized carbons (Fsp3) is 0.462. The molecule has 0 aliphatic heterocycles. The topological polar surface area (TPSA) is 12.9 Å². The third-order valence-electron chi connectivity index (χ3n) is 2.34. The monoisotopic (exact) mass is 189 g/mol. The summed E-state index contributed by atoms with van der Waals surface area (Å²) < 4.78 is 0. The Kier molecular flexibility index (Phi) is 3.87. The number of allylic oxidation sites excluding steroid dienone is 2. The predicted octanol–water partition coefficient (Wildman–Crippen LogP) is 3.70. The second-order valence-corrected chi connectivity index (χ2v) is 3.52. The second kappa shape index (κ2) is 4.94. The van der Waals surface area contributed by atoms with E-state index in [2.05, 4.69) is 31.0 Å². The van der Waals surface area contributed by atoms with Crippen LogP contribution in [0.1, 0.15) is 39.0 Å². The van der Waals surface area contributed by atoms with Gasteiger partial charge < -0.3 is 0 Å². The third kappa shape index (κ3) is 2.03. The first kappa shape index (κ1) is 11.0. The van der Waals surface area contributed by atoms with Gasteiger partial charge >= 0.3 is 0 Å². The largest absolute Gasteiger partial charge is 0.260 e. The van der Waals surface area contributed by atoms with Gasteiger partial charge in [-0.2, -0.15) is 0 Å². The first-order valence-electron chi connectivity index (χ1n) is 5.43. The van der Waals surface area contributed by atoms with Crippen molar-refractivity contribution in [2.24, 2.45) is 5.92 Å². The molecule has 0 N–H and O–H groups in total. The van der Waals surface area contributed by atoms with Gasteiger partial charge in [-0.15, -0.1) is 0 Å². The molecule has 14 heavy (non-hydrogen) atoms. The molecule has 0 saturated heterocycles. The highest BCUT2D eigenvalue weighted by molar-refractivity contribution is 5.72. The van der Waals surface area contributed by atoms with E-state index < -0.39 is 0 Å². The highest BCUT2D eigenvalue weighted by Gasteiger charge is 2.16. The van der Waals surface area contributed by atoms with E-state index in [1.165, 1.54) is 16.8 Å². The minimum atomic E-state index is 0.621. The first-order valence-corrected chi connectivity index (χ1v) is 5.43. The minimum absolute atomic E-state index is 0.621. The Bertz CT molecular complexity index is 324. The van der Waals surface area contributed by atoms with Crippen molar-refractivity contribution < 1.29 is 0 Å². The van der Waals surface area contributed by atoms with Crippen LogP contribution in [0.25, 0.3) is 5.57 Å². The van der Waals surface area contributed by atoms with Crippen LogP contribution < -0.4 is 0 Å². The van der Waals surface area contributed by atoms with Crippen molar-refractivity contribution in [3.63, 3.8) is 0 Å². The highest BCUT2D eigenvalue weighted by atomic mass is 14.7. The fourth-order valence-corrected chi connectivity index (χ4v) is 1.73. The van der Waals surface area contributed by atoms with Gasteiger partial charge in [0.25, 0.3) is 0 Å². The van der Waals surface area contributed by atoms with Crippen LogP contribution in [-0.4, -0.2) is 4.98 Å². The van der Waals surface area contributed by atoms with Gasteiger partial charge in [0.15, 0.2) is 0 Å². The summed E-state index contributed by atoms with van der Waals surface area (Å²) in [7, 11) is 0. The average molecular weight is 189 g/mol. The molecule has 0 fully saturated rings. The lowest BCUT2D eigenvalue weighted by Crippen LogP contribution is -1.92. The summed E-state index contributed by atoms with van der Waals surface area (Å²) in [6.07, 6.45) is 5.18. The molecule has 0 aromatic carbocycles. The van der Waals surface area contributed by atoms with Crippen molar-refractivity contribution in [1.29, 1.82) is 0 Å². The molecular weight excluding hydrogens is 170 g/mol. The molecule has 1 heterocycles. The van der Waals surface area contributed by atoms with Crippen LogP contribution in [0.5, 0.6) is 0 Å². The molecule has 76 valence electrons. The molecule has 2 rings (SSSR count). The molecule has 0 unspecified atom stereocenters. The molecule has 0 radical (unpaired) electrons. The molecule has 1 aromatic heterocycles. The van der Waals surface area contributed by atoms with Crippen molar-refractivity contribution in [3.05, 3.63) is 35.7 Å². The van der Waals surface area contributed by atoms with Crippen LogP contribution in [0.15, 0.2) is 24.4 Å². The van der Waals surface area contributed by atoms with E-state index in [1.54, 1.807) is 0 Å². The smallest absolute Gasteiger partial charge is 0.0516 e. The molecule has 1 aliphatic carbocycles. The quantitative estimate of drug-likeness (QED) is 0.656. The zero-order valence-electron chi connectivity index (χ0n) is 9.54. The second-order valence-electron chi connectivity index (χ2n) is 3.52. The van der Waals surface area contributed by atoms with Crippen LogP contribution in [0.2, 0.25) is 0 Å². The summed E-state index contributed by atoms with van der Waals surface area (Å²) in [4.78, 5) is 4.34. The van der Waals surface area contributed by atoms with Gasteiger partial charge in [-0.1, -0.05) is 39.8 Å². The molecule has 1 nitrogen and oxygen atoms in total. The molecule has 0 atom stereocenters. The summed E-state index contributed by atoms with van der Waals surface area (Å²) in [5, 5.41) is 0. The van der Waals surface area contributed by atoms with Crippen LogP contribution in [0, 0.1) is 5.92 Å². The van der Waals surface area contributed by atoms with Gasteiger partial charge in [-0.25, -0.2) is 0 Å². The van der Waals surface area contributed by atoms with E-state index in [-0.39, 0.29) is 0 Å². The Morgan fingerprint density at radius 1 is 1.29 bits per heavy atom.